The summed E-state index contributed by atoms with van der Waals surface area (Å²) >= 11 is 0. The van der Waals surface area contributed by atoms with Crippen LogP contribution < -0.4 is 5.73 Å². The van der Waals surface area contributed by atoms with Crippen molar-refractivity contribution in [1.82, 2.24) is 4.57 Å². The van der Waals surface area contributed by atoms with Gasteiger partial charge in [0.05, 0.1) is 5.52 Å². The molecule has 0 aliphatic heterocycles. The largest absolute Gasteiger partial charge is 0.330 e. The van der Waals surface area contributed by atoms with Crippen LogP contribution in [0.15, 0.2) is 30.5 Å². The van der Waals surface area contributed by atoms with E-state index >= 15 is 0 Å². The molecule has 3 nitrogen and oxygen atoms in total. The summed E-state index contributed by atoms with van der Waals surface area (Å²) in [7, 11) is 0. The van der Waals surface area contributed by atoms with E-state index in [4.69, 9.17) is 5.73 Å². The molecule has 0 aliphatic carbocycles. The lowest BCUT2D eigenvalue weighted by Crippen LogP contribution is -2.09. The van der Waals surface area contributed by atoms with E-state index in [0.29, 0.717) is 13.0 Å². The standard InChI is InChI=1S/C17H24N2O/c1-2-3-4-5-10-17(20)19-13-14(11-12-18)15-8-6-7-9-16(15)19/h6-9,13H,2-5,10-12,18H2,1H3. The lowest BCUT2D eigenvalue weighted by atomic mass is 10.1. The molecule has 0 bridgehead atoms. The second kappa shape index (κ2) is 7.25. The highest BCUT2D eigenvalue weighted by molar-refractivity contribution is 5.94. The Kier molecular flexibility index (Phi) is 5.36. The number of para-hydroxylation sites is 1. The Hall–Kier alpha value is -1.61. The first-order chi connectivity index (χ1) is 9.77. The van der Waals surface area contributed by atoms with Crippen molar-refractivity contribution in [3.8, 4) is 0 Å². The molecular weight excluding hydrogens is 248 g/mol. The van der Waals surface area contributed by atoms with Gasteiger partial charge in [-0.25, -0.2) is 0 Å². The monoisotopic (exact) mass is 272 g/mol. The number of aromatic nitrogens is 1. The molecule has 20 heavy (non-hydrogen) atoms. The molecule has 0 unspecified atom stereocenters. The van der Waals surface area contributed by atoms with E-state index < -0.39 is 0 Å². The van der Waals surface area contributed by atoms with Gasteiger partial charge in [0.2, 0.25) is 5.91 Å². The summed E-state index contributed by atoms with van der Waals surface area (Å²) in [5.74, 6) is 0.195. The Balaban J connectivity index is 2.18. The second-order valence-corrected chi connectivity index (χ2v) is 5.28. The van der Waals surface area contributed by atoms with Gasteiger partial charge < -0.3 is 5.73 Å². The Morgan fingerprint density at radius 2 is 2.00 bits per heavy atom. The normalized spacial score (nSPS) is 11.1. The van der Waals surface area contributed by atoms with E-state index in [1.54, 1.807) is 0 Å². The van der Waals surface area contributed by atoms with Crippen LogP contribution in [0, 0.1) is 0 Å². The average Bonchev–Trinajstić information content (AvgIpc) is 2.83. The Morgan fingerprint density at radius 3 is 2.75 bits per heavy atom. The lowest BCUT2D eigenvalue weighted by molar-refractivity contribution is 0.0904. The SMILES string of the molecule is CCCCCCC(=O)n1cc(CCN)c2ccccc21. The first-order valence-electron chi connectivity index (χ1n) is 7.60. The molecule has 3 heteroatoms. The molecule has 1 aromatic carbocycles. The summed E-state index contributed by atoms with van der Waals surface area (Å²) in [6.45, 7) is 2.79. The first kappa shape index (κ1) is 14.8. The van der Waals surface area contributed by atoms with Crippen molar-refractivity contribution >= 4 is 16.8 Å². The third-order valence-electron chi connectivity index (χ3n) is 3.72. The number of carbonyl (C=O) groups excluding carboxylic acids is 1. The molecule has 0 atom stereocenters. The number of benzene rings is 1. The second-order valence-electron chi connectivity index (χ2n) is 5.28. The van der Waals surface area contributed by atoms with Crippen molar-refractivity contribution in [2.24, 2.45) is 5.73 Å². The third-order valence-corrected chi connectivity index (χ3v) is 3.72. The summed E-state index contributed by atoms with van der Waals surface area (Å²) in [6.07, 6.45) is 7.93. The van der Waals surface area contributed by atoms with Gasteiger partial charge in [0.1, 0.15) is 0 Å². The quantitative estimate of drug-likeness (QED) is 0.780. The molecular formula is C17H24N2O. The van der Waals surface area contributed by atoms with Crippen LogP contribution in [-0.2, 0) is 6.42 Å². The predicted octanol–water partition coefficient (Wildman–Crippen LogP) is 3.75. The highest BCUT2D eigenvalue weighted by Crippen LogP contribution is 2.22. The van der Waals surface area contributed by atoms with Crippen molar-refractivity contribution in [3.05, 3.63) is 36.0 Å². The summed E-state index contributed by atoms with van der Waals surface area (Å²) in [6, 6.07) is 8.08. The van der Waals surface area contributed by atoms with Gasteiger partial charge in [-0.2, -0.15) is 0 Å². The molecule has 0 aliphatic rings. The minimum Gasteiger partial charge on any atom is -0.330 e. The number of rotatable bonds is 7. The first-order valence-corrected chi connectivity index (χ1v) is 7.60. The maximum Gasteiger partial charge on any atom is 0.231 e. The molecule has 0 radical (unpaired) electrons. The van der Waals surface area contributed by atoms with Crippen LogP contribution in [0.3, 0.4) is 0 Å². The number of nitrogens with two attached hydrogens (primary N) is 1. The van der Waals surface area contributed by atoms with Gasteiger partial charge in [0.15, 0.2) is 0 Å². The summed E-state index contributed by atoms with van der Waals surface area (Å²) in [5, 5.41) is 1.15. The van der Waals surface area contributed by atoms with E-state index in [9.17, 15) is 4.79 Å². The number of carbonyl (C=O) groups is 1. The van der Waals surface area contributed by atoms with Gasteiger partial charge in [0, 0.05) is 18.0 Å². The summed E-state index contributed by atoms with van der Waals surface area (Å²) in [5.41, 5.74) is 7.84. The molecule has 108 valence electrons. The fraction of sp³-hybridized carbons (Fsp3) is 0.471. The van der Waals surface area contributed by atoms with Gasteiger partial charge >= 0.3 is 0 Å². The lowest BCUT2D eigenvalue weighted by Gasteiger charge is -2.03. The zero-order valence-electron chi connectivity index (χ0n) is 12.3. The van der Waals surface area contributed by atoms with Crippen molar-refractivity contribution in [1.29, 1.82) is 0 Å². The van der Waals surface area contributed by atoms with Gasteiger partial charge in [-0.05, 0) is 31.0 Å². The van der Waals surface area contributed by atoms with Crippen molar-refractivity contribution in [2.45, 2.75) is 45.4 Å². The van der Waals surface area contributed by atoms with E-state index in [1.165, 1.54) is 18.4 Å². The van der Waals surface area contributed by atoms with Gasteiger partial charge in [0.25, 0.3) is 0 Å². The van der Waals surface area contributed by atoms with Crippen molar-refractivity contribution < 1.29 is 4.79 Å². The number of unbranched alkanes of at least 4 members (excludes halogenated alkanes) is 3. The van der Waals surface area contributed by atoms with Crippen LogP contribution in [0.4, 0.5) is 0 Å². The Labute approximate surface area is 120 Å². The molecule has 0 saturated heterocycles. The van der Waals surface area contributed by atoms with E-state index in [2.05, 4.69) is 13.0 Å². The van der Waals surface area contributed by atoms with Crippen LogP contribution in [0.5, 0.6) is 0 Å². The van der Waals surface area contributed by atoms with Crippen LogP contribution >= 0.6 is 0 Å². The molecule has 1 heterocycles. The molecule has 0 saturated carbocycles. The third kappa shape index (κ3) is 3.28. The molecule has 2 N–H and O–H groups in total. The van der Waals surface area contributed by atoms with Gasteiger partial charge in [-0.3, -0.25) is 9.36 Å². The maximum atomic E-state index is 12.4. The molecule has 2 aromatic rings. The summed E-state index contributed by atoms with van der Waals surface area (Å²) in [4.78, 5) is 12.4. The molecule has 0 fully saturated rings. The van der Waals surface area contributed by atoms with E-state index in [-0.39, 0.29) is 5.91 Å². The van der Waals surface area contributed by atoms with Crippen LogP contribution in [-0.4, -0.2) is 17.0 Å². The predicted molar refractivity (Wildman–Crippen MR) is 84.1 cm³/mol. The number of hydrogen-bond acceptors (Lipinski definition) is 2. The number of nitrogens with zero attached hydrogens (tertiary/aromatic N) is 1. The summed E-state index contributed by atoms with van der Waals surface area (Å²) < 4.78 is 1.81. The minimum absolute atomic E-state index is 0.195. The topological polar surface area (TPSA) is 48.0 Å². The van der Waals surface area contributed by atoms with E-state index in [1.807, 2.05) is 29.0 Å². The average molecular weight is 272 g/mol. The smallest absolute Gasteiger partial charge is 0.231 e. The minimum atomic E-state index is 0.195. The Morgan fingerprint density at radius 1 is 1.20 bits per heavy atom. The fourth-order valence-corrected chi connectivity index (χ4v) is 2.63. The zero-order chi connectivity index (χ0) is 14.4. The number of hydrogen-bond donors (Lipinski definition) is 1. The fourth-order valence-electron chi connectivity index (χ4n) is 2.63. The molecule has 2 rings (SSSR count). The number of fused-ring (bicyclic) bond motifs is 1. The molecule has 0 spiro atoms. The maximum absolute atomic E-state index is 12.4. The van der Waals surface area contributed by atoms with E-state index in [0.717, 1.165) is 30.2 Å². The van der Waals surface area contributed by atoms with Crippen molar-refractivity contribution in [2.75, 3.05) is 6.54 Å². The molecule has 0 amide bonds. The van der Waals surface area contributed by atoms with Crippen LogP contribution in [0.25, 0.3) is 10.9 Å². The van der Waals surface area contributed by atoms with Gasteiger partial charge in [-0.1, -0.05) is 44.4 Å². The Bertz CT molecular complexity index is 571. The van der Waals surface area contributed by atoms with Gasteiger partial charge in [-0.15, -0.1) is 0 Å². The van der Waals surface area contributed by atoms with Crippen LogP contribution in [0.2, 0.25) is 0 Å². The highest BCUT2D eigenvalue weighted by Gasteiger charge is 2.12. The zero-order valence-corrected chi connectivity index (χ0v) is 12.3. The van der Waals surface area contributed by atoms with Crippen LogP contribution in [0.1, 0.15) is 49.4 Å². The highest BCUT2D eigenvalue weighted by atomic mass is 16.2. The van der Waals surface area contributed by atoms with Crippen molar-refractivity contribution in [3.63, 3.8) is 0 Å². The molecule has 1 aromatic heterocycles.